The number of carbonyl (C=O) groups is 2. The SMILES string of the molecule is O=C(NCCO)C(=Cc1ccc(Cl)cc1)NC(=O)c1ccc(OCCc2ccc(F)cc2)cc1. The van der Waals surface area contributed by atoms with Crippen LogP contribution in [0.5, 0.6) is 5.75 Å². The van der Waals surface area contributed by atoms with E-state index in [2.05, 4.69) is 10.6 Å². The molecule has 34 heavy (non-hydrogen) atoms. The number of rotatable bonds is 10. The van der Waals surface area contributed by atoms with Crippen LogP contribution in [0.4, 0.5) is 4.39 Å². The number of hydrogen-bond donors (Lipinski definition) is 3. The van der Waals surface area contributed by atoms with Crippen molar-refractivity contribution < 1.29 is 23.8 Å². The fraction of sp³-hybridized carbons (Fsp3) is 0.154. The van der Waals surface area contributed by atoms with Crippen LogP contribution in [0.3, 0.4) is 0 Å². The molecular formula is C26H24ClFN2O4. The number of ether oxygens (including phenoxy) is 1. The zero-order valence-corrected chi connectivity index (χ0v) is 19.0. The number of halogens is 2. The highest BCUT2D eigenvalue weighted by molar-refractivity contribution is 6.30. The molecule has 0 aliphatic heterocycles. The summed E-state index contributed by atoms with van der Waals surface area (Å²) in [6.07, 6.45) is 2.14. The molecule has 0 heterocycles. The Morgan fingerprint density at radius 1 is 0.971 bits per heavy atom. The zero-order valence-electron chi connectivity index (χ0n) is 18.3. The van der Waals surface area contributed by atoms with Gasteiger partial charge in [0.05, 0.1) is 13.2 Å². The second kappa shape index (κ2) is 12.5. The maximum absolute atomic E-state index is 13.0. The van der Waals surface area contributed by atoms with E-state index in [1.54, 1.807) is 60.7 Å². The van der Waals surface area contributed by atoms with Gasteiger partial charge in [-0.2, -0.15) is 0 Å². The van der Waals surface area contributed by atoms with Crippen LogP contribution in [-0.2, 0) is 11.2 Å². The second-order valence-electron chi connectivity index (χ2n) is 7.29. The lowest BCUT2D eigenvalue weighted by molar-refractivity contribution is -0.117. The quantitative estimate of drug-likeness (QED) is 0.381. The molecular weight excluding hydrogens is 459 g/mol. The van der Waals surface area contributed by atoms with Gasteiger partial charge in [0.2, 0.25) is 0 Å². The molecule has 3 aromatic rings. The van der Waals surface area contributed by atoms with Crippen molar-refractivity contribution in [1.29, 1.82) is 0 Å². The second-order valence-corrected chi connectivity index (χ2v) is 7.73. The van der Waals surface area contributed by atoms with E-state index in [0.29, 0.717) is 34.9 Å². The highest BCUT2D eigenvalue weighted by Gasteiger charge is 2.14. The van der Waals surface area contributed by atoms with Gasteiger partial charge in [-0.3, -0.25) is 9.59 Å². The van der Waals surface area contributed by atoms with Crippen molar-refractivity contribution in [1.82, 2.24) is 10.6 Å². The summed E-state index contributed by atoms with van der Waals surface area (Å²) in [5, 5.41) is 14.7. The van der Waals surface area contributed by atoms with Gasteiger partial charge >= 0.3 is 0 Å². The van der Waals surface area contributed by atoms with Crippen LogP contribution in [0.2, 0.25) is 5.02 Å². The molecule has 0 spiro atoms. The molecule has 3 aromatic carbocycles. The maximum atomic E-state index is 13.0. The van der Waals surface area contributed by atoms with Gasteiger partial charge in [0.15, 0.2) is 0 Å². The summed E-state index contributed by atoms with van der Waals surface area (Å²) in [6, 6.07) is 19.5. The van der Waals surface area contributed by atoms with Crippen molar-refractivity contribution in [3.05, 3.63) is 106 Å². The number of hydrogen-bond acceptors (Lipinski definition) is 4. The lowest BCUT2D eigenvalue weighted by atomic mass is 10.1. The van der Waals surface area contributed by atoms with Crippen LogP contribution in [0.25, 0.3) is 6.08 Å². The van der Waals surface area contributed by atoms with E-state index in [1.165, 1.54) is 18.2 Å². The Kier molecular flexibility index (Phi) is 9.20. The number of aliphatic hydroxyl groups is 1. The molecule has 0 aliphatic carbocycles. The van der Waals surface area contributed by atoms with Crippen molar-refractivity contribution in [3.63, 3.8) is 0 Å². The summed E-state index contributed by atoms with van der Waals surface area (Å²) >= 11 is 5.90. The summed E-state index contributed by atoms with van der Waals surface area (Å²) in [4.78, 5) is 25.2. The van der Waals surface area contributed by atoms with Crippen LogP contribution in [0.1, 0.15) is 21.5 Å². The smallest absolute Gasteiger partial charge is 0.267 e. The number of nitrogens with one attached hydrogen (secondary N) is 2. The highest BCUT2D eigenvalue weighted by atomic mass is 35.5. The molecule has 3 rings (SSSR count). The molecule has 0 fully saturated rings. The van der Waals surface area contributed by atoms with Crippen molar-refractivity contribution in [2.45, 2.75) is 6.42 Å². The van der Waals surface area contributed by atoms with E-state index in [-0.39, 0.29) is 24.7 Å². The average molecular weight is 483 g/mol. The van der Waals surface area contributed by atoms with Gasteiger partial charge in [-0.15, -0.1) is 0 Å². The molecule has 8 heteroatoms. The molecule has 6 nitrogen and oxygen atoms in total. The lowest BCUT2D eigenvalue weighted by Gasteiger charge is -2.11. The first-order chi connectivity index (χ1) is 16.4. The van der Waals surface area contributed by atoms with E-state index in [1.807, 2.05) is 0 Å². The Labute approximate surface area is 202 Å². The van der Waals surface area contributed by atoms with Gasteiger partial charge in [0, 0.05) is 23.6 Å². The number of aliphatic hydroxyl groups excluding tert-OH is 1. The molecule has 0 atom stereocenters. The first kappa shape index (κ1) is 25.0. The fourth-order valence-corrected chi connectivity index (χ4v) is 3.11. The van der Waals surface area contributed by atoms with Crippen LogP contribution in [0.15, 0.2) is 78.5 Å². The van der Waals surface area contributed by atoms with E-state index < -0.39 is 11.8 Å². The van der Waals surface area contributed by atoms with Gasteiger partial charge in [-0.25, -0.2) is 4.39 Å². The fourth-order valence-electron chi connectivity index (χ4n) is 2.98. The Bertz CT molecular complexity index is 1130. The predicted molar refractivity (Wildman–Crippen MR) is 129 cm³/mol. The van der Waals surface area contributed by atoms with E-state index in [0.717, 1.165) is 5.56 Å². The first-order valence-electron chi connectivity index (χ1n) is 10.6. The Hall–Kier alpha value is -3.68. The molecule has 2 amide bonds. The molecule has 0 aliphatic rings. The normalized spacial score (nSPS) is 11.1. The van der Waals surface area contributed by atoms with Gasteiger partial charge < -0.3 is 20.5 Å². The summed E-state index contributed by atoms with van der Waals surface area (Å²) in [5.74, 6) is -0.706. The first-order valence-corrected chi connectivity index (χ1v) is 11.0. The minimum Gasteiger partial charge on any atom is -0.493 e. The summed E-state index contributed by atoms with van der Waals surface area (Å²) in [5.41, 5.74) is 1.99. The largest absolute Gasteiger partial charge is 0.493 e. The Morgan fingerprint density at radius 3 is 2.29 bits per heavy atom. The summed E-state index contributed by atoms with van der Waals surface area (Å²) < 4.78 is 18.7. The molecule has 0 unspecified atom stereocenters. The van der Waals surface area contributed by atoms with Crippen LogP contribution in [0, 0.1) is 5.82 Å². The van der Waals surface area contributed by atoms with Crippen molar-refractivity contribution in [2.24, 2.45) is 0 Å². The molecule has 0 saturated heterocycles. The minimum absolute atomic E-state index is 0.0281. The maximum Gasteiger partial charge on any atom is 0.267 e. The monoisotopic (exact) mass is 482 g/mol. The number of carbonyl (C=O) groups excluding carboxylic acids is 2. The molecule has 176 valence electrons. The van der Waals surface area contributed by atoms with E-state index in [4.69, 9.17) is 21.4 Å². The van der Waals surface area contributed by atoms with E-state index >= 15 is 0 Å². The number of benzene rings is 3. The lowest BCUT2D eigenvalue weighted by Crippen LogP contribution is -2.36. The van der Waals surface area contributed by atoms with Crippen LogP contribution >= 0.6 is 11.6 Å². The van der Waals surface area contributed by atoms with Crippen molar-refractivity contribution in [2.75, 3.05) is 19.8 Å². The standard InChI is InChI=1S/C26H24ClFN2O4/c27-21-7-1-19(2-8-21)17-24(26(33)29-14-15-31)30-25(32)20-5-11-23(12-6-20)34-16-13-18-3-9-22(28)10-4-18/h1-12,17,31H,13-16H2,(H,29,33)(H,30,32). The zero-order chi connectivity index (χ0) is 24.3. The third-order valence-electron chi connectivity index (χ3n) is 4.76. The molecule has 3 N–H and O–H groups in total. The van der Waals surface area contributed by atoms with Gasteiger partial charge in [0.25, 0.3) is 11.8 Å². The van der Waals surface area contributed by atoms with Crippen LogP contribution < -0.4 is 15.4 Å². The molecule has 0 saturated carbocycles. The third kappa shape index (κ3) is 7.72. The highest BCUT2D eigenvalue weighted by Crippen LogP contribution is 2.15. The molecule has 0 radical (unpaired) electrons. The predicted octanol–water partition coefficient (Wildman–Crippen LogP) is 3.98. The van der Waals surface area contributed by atoms with Crippen molar-refractivity contribution in [3.8, 4) is 5.75 Å². The minimum atomic E-state index is -0.530. The molecule has 0 bridgehead atoms. The van der Waals surface area contributed by atoms with Gasteiger partial charge in [-0.05, 0) is 65.7 Å². The Balaban J connectivity index is 1.63. The average Bonchev–Trinajstić information content (AvgIpc) is 2.85. The van der Waals surface area contributed by atoms with Gasteiger partial charge in [0.1, 0.15) is 17.3 Å². The van der Waals surface area contributed by atoms with Crippen LogP contribution in [-0.4, -0.2) is 36.7 Å². The topological polar surface area (TPSA) is 87.7 Å². The summed E-state index contributed by atoms with van der Waals surface area (Å²) in [7, 11) is 0. The third-order valence-corrected chi connectivity index (χ3v) is 5.01. The van der Waals surface area contributed by atoms with E-state index in [9.17, 15) is 14.0 Å². The molecule has 0 aromatic heterocycles. The van der Waals surface area contributed by atoms with Crippen molar-refractivity contribution >= 4 is 29.5 Å². The Morgan fingerprint density at radius 2 is 1.65 bits per heavy atom. The van der Waals surface area contributed by atoms with Gasteiger partial charge in [-0.1, -0.05) is 35.9 Å². The summed E-state index contributed by atoms with van der Waals surface area (Å²) in [6.45, 7) is 0.226. The number of amides is 2.